The maximum Gasteiger partial charge on any atom is 0.305 e. The van der Waals surface area contributed by atoms with Crippen molar-refractivity contribution < 1.29 is 43.8 Å². The first-order valence-electron chi connectivity index (χ1n) is 20.2. The molecule has 0 aromatic carbocycles. The van der Waals surface area contributed by atoms with Gasteiger partial charge in [0.15, 0.2) is 0 Å². The topological polar surface area (TPSA) is 258 Å². The minimum atomic E-state index is -1.16. The van der Waals surface area contributed by atoms with Crippen LogP contribution in [0, 0.1) is 29.6 Å². The van der Waals surface area contributed by atoms with Crippen LogP contribution in [0.2, 0.25) is 0 Å². The van der Waals surface area contributed by atoms with Crippen molar-refractivity contribution in [3.05, 3.63) is 0 Å². The van der Waals surface area contributed by atoms with E-state index in [1.165, 1.54) is 0 Å². The number of hydrogen-bond acceptors (Lipinski definition) is 9. The minimum absolute atomic E-state index is 0.00752. The molecule has 1 aliphatic carbocycles. The van der Waals surface area contributed by atoms with Crippen LogP contribution in [0.1, 0.15) is 125 Å². The first-order chi connectivity index (χ1) is 25.8. The fourth-order valence-electron chi connectivity index (χ4n) is 7.58. The maximum absolute atomic E-state index is 13.7. The van der Waals surface area contributed by atoms with Gasteiger partial charge < -0.3 is 47.8 Å². The zero-order valence-corrected chi connectivity index (χ0v) is 33.8. The van der Waals surface area contributed by atoms with Crippen LogP contribution in [0.25, 0.3) is 0 Å². The summed E-state index contributed by atoms with van der Waals surface area (Å²) in [6.45, 7) is 13.1. The van der Waals surface area contributed by atoms with Gasteiger partial charge >= 0.3 is 11.9 Å². The van der Waals surface area contributed by atoms with Crippen LogP contribution in [0.3, 0.4) is 0 Å². The summed E-state index contributed by atoms with van der Waals surface area (Å²) in [6.07, 6.45) is 3.74. The largest absolute Gasteiger partial charge is 0.481 e. The minimum Gasteiger partial charge on any atom is -0.481 e. The number of nitrogens with one attached hydrogen (secondary N) is 6. The smallest absolute Gasteiger partial charge is 0.305 e. The van der Waals surface area contributed by atoms with E-state index in [-0.39, 0.29) is 85.4 Å². The van der Waals surface area contributed by atoms with Crippen molar-refractivity contribution in [3.63, 3.8) is 0 Å². The Bertz CT molecular complexity index is 1290. The first kappa shape index (κ1) is 47.4. The van der Waals surface area contributed by atoms with Gasteiger partial charge in [-0.05, 0) is 62.8 Å². The third-order valence-electron chi connectivity index (χ3n) is 10.4. The highest BCUT2D eigenvalue weighted by Gasteiger charge is 2.35. The fourth-order valence-corrected chi connectivity index (χ4v) is 7.58. The molecule has 5 amide bonds. The molecule has 1 saturated carbocycles. The Labute approximate surface area is 326 Å². The lowest BCUT2D eigenvalue weighted by atomic mass is 9.83. The molecule has 0 spiro atoms. The second-order valence-corrected chi connectivity index (χ2v) is 16.8. The molecule has 0 aromatic heterocycles. The number of carbonyl (C=O) groups excluding carboxylic acids is 5. The monoisotopic (exact) mass is 780 g/mol. The van der Waals surface area contributed by atoms with Crippen LogP contribution in [0.5, 0.6) is 0 Å². The molecule has 0 aromatic rings. The molecule has 1 aliphatic heterocycles. The summed E-state index contributed by atoms with van der Waals surface area (Å²) in [7, 11) is 0. The van der Waals surface area contributed by atoms with E-state index < -0.39 is 60.4 Å². The van der Waals surface area contributed by atoms with Gasteiger partial charge in [-0.15, -0.1) is 0 Å². The van der Waals surface area contributed by atoms with Crippen molar-refractivity contribution in [1.29, 1.82) is 0 Å². The van der Waals surface area contributed by atoms with Gasteiger partial charge in [0.25, 0.3) is 0 Å². The second kappa shape index (κ2) is 24.0. The van der Waals surface area contributed by atoms with Crippen molar-refractivity contribution in [2.24, 2.45) is 35.3 Å². The number of piperidine rings is 1. The van der Waals surface area contributed by atoms with Crippen molar-refractivity contribution in [3.8, 4) is 0 Å². The van der Waals surface area contributed by atoms with Crippen LogP contribution in [-0.2, 0) is 33.6 Å². The highest BCUT2D eigenvalue weighted by molar-refractivity contribution is 5.85. The van der Waals surface area contributed by atoms with E-state index in [2.05, 4.69) is 31.9 Å². The number of aliphatic carboxylic acids is 2. The molecule has 0 radical (unpaired) electrons. The summed E-state index contributed by atoms with van der Waals surface area (Å²) < 4.78 is 0. The van der Waals surface area contributed by atoms with Crippen LogP contribution in [0.4, 0.5) is 0 Å². The van der Waals surface area contributed by atoms with E-state index in [0.29, 0.717) is 38.6 Å². The van der Waals surface area contributed by atoms with Gasteiger partial charge in [-0.3, -0.25) is 33.6 Å². The van der Waals surface area contributed by atoms with Crippen molar-refractivity contribution in [2.75, 3.05) is 13.1 Å². The number of hydrogen-bond donors (Lipinski definition) is 9. The molecular formula is C39H69N7O9. The van der Waals surface area contributed by atoms with Crippen molar-refractivity contribution in [1.82, 2.24) is 31.9 Å². The molecule has 2 fully saturated rings. The molecular weight excluding hydrogens is 710 g/mol. The van der Waals surface area contributed by atoms with Crippen LogP contribution < -0.4 is 37.6 Å². The Hall–Kier alpha value is -3.79. The highest BCUT2D eigenvalue weighted by Crippen LogP contribution is 2.26. The fraction of sp³-hybridized carbons (Fsp3) is 0.821. The lowest BCUT2D eigenvalue weighted by Crippen LogP contribution is -2.54. The quantitative estimate of drug-likeness (QED) is 0.0723. The molecule has 10 N–H and O–H groups in total. The highest BCUT2D eigenvalue weighted by atomic mass is 16.4. The Kier molecular flexibility index (Phi) is 20.6. The molecule has 314 valence electrons. The lowest BCUT2D eigenvalue weighted by Gasteiger charge is -2.33. The predicted molar refractivity (Wildman–Crippen MR) is 207 cm³/mol. The number of nitrogens with two attached hydrogens (primary N) is 1. The van der Waals surface area contributed by atoms with Gasteiger partial charge in [0, 0.05) is 68.5 Å². The number of rotatable bonds is 23. The number of carbonyl (C=O) groups is 7. The number of carboxylic acids is 2. The Morgan fingerprint density at radius 1 is 0.655 bits per heavy atom. The lowest BCUT2D eigenvalue weighted by molar-refractivity contribution is -0.140. The molecule has 16 nitrogen and oxygen atoms in total. The van der Waals surface area contributed by atoms with Gasteiger partial charge in [-0.2, -0.15) is 0 Å². The Balaban J connectivity index is 2.03. The maximum atomic E-state index is 13.7. The molecule has 2 rings (SSSR count). The summed E-state index contributed by atoms with van der Waals surface area (Å²) in [6, 6.07) is -2.98. The van der Waals surface area contributed by atoms with E-state index >= 15 is 0 Å². The van der Waals surface area contributed by atoms with Gasteiger partial charge in [-0.1, -0.05) is 54.4 Å². The van der Waals surface area contributed by atoms with E-state index in [1.54, 1.807) is 0 Å². The summed E-state index contributed by atoms with van der Waals surface area (Å²) in [5.74, 6) is -4.39. The number of amides is 5. The molecule has 2 aliphatic rings. The van der Waals surface area contributed by atoms with E-state index in [1.807, 2.05) is 41.5 Å². The van der Waals surface area contributed by atoms with Gasteiger partial charge in [-0.25, -0.2) is 0 Å². The molecule has 0 unspecified atom stereocenters. The molecule has 1 heterocycles. The van der Waals surface area contributed by atoms with Gasteiger partial charge in [0.2, 0.25) is 29.5 Å². The van der Waals surface area contributed by atoms with Crippen LogP contribution in [0.15, 0.2) is 0 Å². The van der Waals surface area contributed by atoms with Crippen molar-refractivity contribution >= 4 is 41.5 Å². The number of carboxylic acid groups (broad SMARTS) is 2. The summed E-state index contributed by atoms with van der Waals surface area (Å²) >= 11 is 0. The Morgan fingerprint density at radius 3 is 1.75 bits per heavy atom. The molecule has 0 bridgehead atoms. The Morgan fingerprint density at radius 2 is 1.22 bits per heavy atom. The van der Waals surface area contributed by atoms with Crippen LogP contribution in [-0.4, -0.2) is 101 Å². The van der Waals surface area contributed by atoms with E-state index in [0.717, 1.165) is 19.4 Å². The zero-order chi connectivity index (χ0) is 41.2. The van der Waals surface area contributed by atoms with E-state index in [4.69, 9.17) is 10.8 Å². The summed E-state index contributed by atoms with van der Waals surface area (Å²) in [5.41, 5.74) is 6.21. The molecule has 8 atom stereocenters. The van der Waals surface area contributed by atoms with Crippen molar-refractivity contribution in [2.45, 2.75) is 161 Å². The van der Waals surface area contributed by atoms with E-state index in [9.17, 15) is 38.7 Å². The zero-order valence-electron chi connectivity index (χ0n) is 33.8. The third kappa shape index (κ3) is 18.6. The standard InChI is InChI=1S/C39H69N7O9/c1-22(2)15-26(17-33(47)42-25(19-37(52)53)11-12-36(50)51)43-38(54)28-9-7-8-10-31(28)45-35(49)20-32(24(5)6)46-34(48)18-27(16-23(3)4)44-39(55)29-21-41-14-13-30(29)40/h22-32,41H,7-21,40H2,1-6H3,(H,42,47)(H,43,54)(H,44,55)(H,45,49)(H,46,48)(H,50,51)(H,52,53)/t25-,26-,27-,28+,29+,30+,31+,32+/m0/s1. The van der Waals surface area contributed by atoms with Crippen LogP contribution >= 0.6 is 0 Å². The third-order valence-corrected chi connectivity index (χ3v) is 10.4. The molecule has 16 heteroatoms. The SMILES string of the molecule is CC(C)C[C@@H](CC(=O)N[C@H](CC(=O)N[C@@H]1CCCC[C@H]1C(=O)N[C@H](CC(=O)N[C@@H](CCC(=O)O)CC(=O)O)CC(C)C)C(C)C)NC(=O)[C@@H]1CNCC[C@H]1N. The average Bonchev–Trinajstić information content (AvgIpc) is 3.06. The predicted octanol–water partition coefficient (Wildman–Crippen LogP) is 1.80. The molecule has 55 heavy (non-hydrogen) atoms. The summed E-state index contributed by atoms with van der Waals surface area (Å²) in [5, 5.41) is 36.2. The average molecular weight is 780 g/mol. The van der Waals surface area contributed by atoms with Gasteiger partial charge in [0.05, 0.1) is 18.3 Å². The normalized spacial score (nSPS) is 22.2. The van der Waals surface area contributed by atoms with Gasteiger partial charge in [0.1, 0.15) is 0 Å². The molecule has 1 saturated heterocycles. The summed E-state index contributed by atoms with van der Waals surface area (Å²) in [4.78, 5) is 89.0. The first-order valence-corrected chi connectivity index (χ1v) is 20.2. The second-order valence-electron chi connectivity index (χ2n) is 16.8.